The smallest absolute Gasteiger partial charge is 0.475 e. The van der Waals surface area contributed by atoms with Crippen molar-refractivity contribution >= 4 is 5.97 Å². The number of aliphatic carboxylic acids is 1. The van der Waals surface area contributed by atoms with E-state index in [1.807, 2.05) is 12.1 Å². The molecule has 0 atom stereocenters. The summed E-state index contributed by atoms with van der Waals surface area (Å²) in [5.74, 6) is -2.76. The second kappa shape index (κ2) is 8.37. The second-order valence-corrected chi connectivity index (χ2v) is 6.47. The molecule has 0 unspecified atom stereocenters. The van der Waals surface area contributed by atoms with Crippen LogP contribution in [0.2, 0.25) is 0 Å². The predicted molar refractivity (Wildman–Crippen MR) is 90.1 cm³/mol. The lowest BCUT2D eigenvalue weighted by atomic mass is 9.89. The Morgan fingerprint density at radius 1 is 1.23 bits per heavy atom. The summed E-state index contributed by atoms with van der Waals surface area (Å²) < 4.78 is 39.1. The number of carbonyl (C=O) groups is 1. The third-order valence-corrected chi connectivity index (χ3v) is 3.86. The molecule has 1 aliphatic heterocycles. The third-order valence-electron chi connectivity index (χ3n) is 3.86. The van der Waals surface area contributed by atoms with Crippen LogP contribution in [0.1, 0.15) is 12.5 Å². The van der Waals surface area contributed by atoms with Gasteiger partial charge in [0.05, 0.1) is 13.2 Å². The van der Waals surface area contributed by atoms with Crippen LogP contribution in [0.3, 0.4) is 0 Å². The molecule has 2 heterocycles. The lowest BCUT2D eigenvalue weighted by Crippen LogP contribution is -2.47. The van der Waals surface area contributed by atoms with Gasteiger partial charge in [-0.05, 0) is 29.8 Å². The Hall–Kier alpha value is -2.32. The maximum absolute atomic E-state index is 10.6. The van der Waals surface area contributed by atoms with Crippen LogP contribution in [-0.2, 0) is 16.1 Å². The van der Waals surface area contributed by atoms with Gasteiger partial charge in [0.15, 0.2) is 0 Å². The Labute approximate surface area is 149 Å². The predicted octanol–water partition coefficient (Wildman–Crippen LogP) is 3.24. The Kier molecular flexibility index (Phi) is 6.44. The number of hydrogen-bond acceptors (Lipinski definition) is 3. The summed E-state index contributed by atoms with van der Waals surface area (Å²) >= 11 is 0. The van der Waals surface area contributed by atoms with Gasteiger partial charge in [-0.2, -0.15) is 13.2 Å². The molecule has 26 heavy (non-hydrogen) atoms. The first kappa shape index (κ1) is 20.0. The number of nitrogens with zero attached hydrogens (tertiary/aromatic N) is 1. The number of benzene rings is 1. The van der Waals surface area contributed by atoms with Gasteiger partial charge in [0.25, 0.3) is 0 Å². The summed E-state index contributed by atoms with van der Waals surface area (Å²) in [6.07, 6.45) is -0.963. The van der Waals surface area contributed by atoms with Gasteiger partial charge in [0.1, 0.15) is 0 Å². The van der Waals surface area contributed by atoms with Crippen LogP contribution >= 0.6 is 0 Å². The van der Waals surface area contributed by atoms with Crippen molar-refractivity contribution in [1.82, 2.24) is 9.88 Å². The molecule has 8 heteroatoms. The highest BCUT2D eigenvalue weighted by atomic mass is 19.4. The van der Waals surface area contributed by atoms with E-state index in [1.165, 1.54) is 11.3 Å². The molecule has 5 nitrogen and oxygen atoms in total. The molecule has 0 amide bonds. The summed E-state index contributed by atoms with van der Waals surface area (Å²) in [6, 6.07) is 12.8. The number of rotatable bonds is 5. The van der Waals surface area contributed by atoms with Gasteiger partial charge in [-0.1, -0.05) is 19.1 Å². The molecule has 1 aromatic carbocycles. The largest absolute Gasteiger partial charge is 0.490 e. The van der Waals surface area contributed by atoms with Crippen molar-refractivity contribution in [2.75, 3.05) is 19.8 Å². The van der Waals surface area contributed by atoms with Crippen molar-refractivity contribution in [3.63, 3.8) is 0 Å². The standard InChI is InChI=1S/C16H20N2O.C2HF3O2/c1-16(12-19-13-16)11-17-10-14-4-6-15(7-5-14)18-8-2-3-9-18;3-2(4,5)1(6)7/h2-9,17H,10-13H2,1H3;(H,6,7). The van der Waals surface area contributed by atoms with Gasteiger partial charge in [0.2, 0.25) is 0 Å². The summed E-state index contributed by atoms with van der Waals surface area (Å²) in [5.41, 5.74) is 2.86. The lowest BCUT2D eigenvalue weighted by Gasteiger charge is -2.38. The monoisotopic (exact) mass is 370 g/mol. The minimum Gasteiger partial charge on any atom is -0.475 e. The normalized spacial score (nSPS) is 15.5. The molecule has 1 saturated heterocycles. The highest BCUT2D eigenvalue weighted by Crippen LogP contribution is 2.25. The number of carboxylic acid groups (broad SMARTS) is 1. The summed E-state index contributed by atoms with van der Waals surface area (Å²) in [5, 5.41) is 10.6. The zero-order chi connectivity index (χ0) is 19.2. The molecule has 2 aromatic rings. The first-order chi connectivity index (χ1) is 12.2. The van der Waals surface area contributed by atoms with Crippen LogP contribution < -0.4 is 5.32 Å². The number of ether oxygens (including phenoxy) is 1. The lowest BCUT2D eigenvalue weighted by molar-refractivity contribution is -0.192. The van der Waals surface area contributed by atoms with Gasteiger partial charge < -0.3 is 19.7 Å². The van der Waals surface area contributed by atoms with E-state index in [1.54, 1.807) is 0 Å². The summed E-state index contributed by atoms with van der Waals surface area (Å²) in [4.78, 5) is 8.90. The molecule has 0 aliphatic carbocycles. The van der Waals surface area contributed by atoms with E-state index in [4.69, 9.17) is 14.6 Å². The van der Waals surface area contributed by atoms with Gasteiger partial charge in [-0.25, -0.2) is 4.79 Å². The number of carboxylic acids is 1. The van der Waals surface area contributed by atoms with Gasteiger partial charge >= 0.3 is 12.1 Å². The first-order valence-corrected chi connectivity index (χ1v) is 8.00. The van der Waals surface area contributed by atoms with E-state index in [-0.39, 0.29) is 0 Å². The van der Waals surface area contributed by atoms with Crippen molar-refractivity contribution < 1.29 is 27.8 Å². The van der Waals surface area contributed by atoms with Crippen LogP contribution in [0.25, 0.3) is 5.69 Å². The molecule has 0 bridgehead atoms. The molecule has 1 aromatic heterocycles. The van der Waals surface area contributed by atoms with E-state index >= 15 is 0 Å². The molecule has 0 saturated carbocycles. The Morgan fingerprint density at radius 2 is 1.77 bits per heavy atom. The molecule has 142 valence electrons. The number of aromatic nitrogens is 1. The first-order valence-electron chi connectivity index (χ1n) is 8.00. The van der Waals surface area contributed by atoms with Crippen LogP contribution in [0.15, 0.2) is 48.8 Å². The van der Waals surface area contributed by atoms with E-state index in [2.05, 4.69) is 53.5 Å². The third kappa shape index (κ3) is 5.89. The fourth-order valence-electron chi connectivity index (χ4n) is 2.35. The van der Waals surface area contributed by atoms with Crippen LogP contribution in [-0.4, -0.2) is 41.6 Å². The fraction of sp³-hybridized carbons (Fsp3) is 0.389. The Balaban J connectivity index is 0.000000298. The van der Waals surface area contributed by atoms with Crippen molar-refractivity contribution in [2.24, 2.45) is 5.41 Å². The van der Waals surface area contributed by atoms with E-state index in [0.29, 0.717) is 5.41 Å². The molecule has 2 N–H and O–H groups in total. The fourth-order valence-corrected chi connectivity index (χ4v) is 2.35. The highest BCUT2D eigenvalue weighted by Gasteiger charge is 2.38. The Morgan fingerprint density at radius 3 is 2.19 bits per heavy atom. The average molecular weight is 370 g/mol. The van der Waals surface area contributed by atoms with Crippen molar-refractivity contribution in [3.05, 3.63) is 54.4 Å². The molecule has 1 fully saturated rings. The van der Waals surface area contributed by atoms with E-state index in [9.17, 15) is 13.2 Å². The molecule has 1 aliphatic rings. The van der Waals surface area contributed by atoms with E-state index in [0.717, 1.165) is 26.3 Å². The van der Waals surface area contributed by atoms with E-state index < -0.39 is 12.1 Å². The van der Waals surface area contributed by atoms with Gasteiger partial charge in [-0.3, -0.25) is 0 Å². The topological polar surface area (TPSA) is 63.5 Å². The maximum atomic E-state index is 10.6. The number of nitrogens with one attached hydrogen (secondary N) is 1. The van der Waals surface area contributed by atoms with Crippen LogP contribution in [0.4, 0.5) is 13.2 Å². The second-order valence-electron chi connectivity index (χ2n) is 6.47. The average Bonchev–Trinajstić information content (AvgIpc) is 3.08. The zero-order valence-electron chi connectivity index (χ0n) is 14.3. The minimum atomic E-state index is -5.08. The minimum absolute atomic E-state index is 0.338. The number of alkyl halides is 3. The molecule has 0 spiro atoms. The molecule has 0 radical (unpaired) electrons. The Bertz CT molecular complexity index is 693. The molecular weight excluding hydrogens is 349 g/mol. The van der Waals surface area contributed by atoms with Crippen molar-refractivity contribution in [1.29, 1.82) is 0 Å². The molecular formula is C18H21F3N2O3. The number of hydrogen-bond donors (Lipinski definition) is 2. The maximum Gasteiger partial charge on any atom is 0.490 e. The van der Waals surface area contributed by atoms with Crippen molar-refractivity contribution in [2.45, 2.75) is 19.6 Å². The molecule has 3 rings (SSSR count). The number of halogens is 3. The summed E-state index contributed by atoms with van der Waals surface area (Å²) in [7, 11) is 0. The quantitative estimate of drug-likeness (QED) is 0.848. The van der Waals surface area contributed by atoms with Gasteiger partial charge in [0, 0.05) is 36.6 Å². The summed E-state index contributed by atoms with van der Waals surface area (Å²) in [6.45, 7) is 5.96. The SMILES string of the molecule is CC1(CNCc2ccc(-n3cccc3)cc2)COC1.O=C(O)C(F)(F)F. The van der Waals surface area contributed by atoms with Crippen molar-refractivity contribution in [3.8, 4) is 5.69 Å². The highest BCUT2D eigenvalue weighted by molar-refractivity contribution is 5.73. The van der Waals surface area contributed by atoms with Gasteiger partial charge in [-0.15, -0.1) is 0 Å². The van der Waals surface area contributed by atoms with Crippen LogP contribution in [0, 0.1) is 5.41 Å². The zero-order valence-corrected chi connectivity index (χ0v) is 14.3. The van der Waals surface area contributed by atoms with Crippen LogP contribution in [0.5, 0.6) is 0 Å².